The molecule has 0 fully saturated rings. The van der Waals surface area contributed by atoms with Crippen molar-refractivity contribution in [1.29, 1.82) is 0 Å². The van der Waals surface area contributed by atoms with E-state index in [4.69, 9.17) is 5.73 Å². The summed E-state index contributed by atoms with van der Waals surface area (Å²) in [5.74, 6) is 0.371. The van der Waals surface area contributed by atoms with E-state index < -0.39 is 0 Å². The van der Waals surface area contributed by atoms with Crippen molar-refractivity contribution in [2.45, 2.75) is 45.6 Å². The summed E-state index contributed by atoms with van der Waals surface area (Å²) >= 11 is 0. The molecule has 2 atom stereocenters. The molecule has 0 saturated heterocycles. The maximum Gasteiger partial charge on any atom is 0.220 e. The van der Waals surface area contributed by atoms with E-state index in [1.54, 1.807) is 0 Å². The van der Waals surface area contributed by atoms with E-state index in [0.29, 0.717) is 13.0 Å². The fourth-order valence-corrected chi connectivity index (χ4v) is 1.95. The molecule has 0 radical (unpaired) electrons. The molecule has 1 amide bonds. The minimum atomic E-state index is 0.0491. The minimum Gasteiger partial charge on any atom is -0.352 e. The van der Waals surface area contributed by atoms with Gasteiger partial charge in [0.15, 0.2) is 0 Å². The molecule has 0 saturated carbocycles. The molecular weight excluding hydrogens is 224 g/mol. The number of carbonyl (C=O) groups excluding carboxylic acids is 1. The second-order valence-electron chi connectivity index (χ2n) is 4.92. The molecule has 0 bridgehead atoms. The molecule has 1 unspecified atom stereocenters. The first-order valence-electron chi connectivity index (χ1n) is 6.62. The van der Waals surface area contributed by atoms with Gasteiger partial charge in [-0.25, -0.2) is 0 Å². The molecule has 3 N–H and O–H groups in total. The van der Waals surface area contributed by atoms with Gasteiger partial charge in [-0.15, -0.1) is 0 Å². The van der Waals surface area contributed by atoms with Crippen molar-refractivity contribution in [2.75, 3.05) is 6.54 Å². The monoisotopic (exact) mass is 248 g/mol. The Morgan fingerprint density at radius 3 is 2.44 bits per heavy atom. The van der Waals surface area contributed by atoms with E-state index in [2.05, 4.69) is 43.4 Å². The summed E-state index contributed by atoms with van der Waals surface area (Å²) in [5.41, 5.74) is 7.98. The van der Waals surface area contributed by atoms with Crippen LogP contribution in [0.15, 0.2) is 24.3 Å². The van der Waals surface area contributed by atoms with Gasteiger partial charge in [0.25, 0.3) is 0 Å². The summed E-state index contributed by atoms with van der Waals surface area (Å²) < 4.78 is 0. The van der Waals surface area contributed by atoms with Gasteiger partial charge in [0.1, 0.15) is 0 Å². The molecule has 0 aromatic heterocycles. The fraction of sp³-hybridized carbons (Fsp3) is 0.533. The zero-order valence-electron chi connectivity index (χ0n) is 11.6. The Bertz CT molecular complexity index is 373. The number of hydrogen-bond acceptors (Lipinski definition) is 2. The standard InChI is InChI=1S/C15H24N2O/c1-4-13(9-15(18)17-12(3)10-16)14-7-5-11(2)6-8-14/h5-8,12-13H,4,9-10,16H2,1-3H3,(H,17,18)/t12-,13?/m0/s1. The van der Waals surface area contributed by atoms with Crippen LogP contribution in [0.2, 0.25) is 0 Å². The van der Waals surface area contributed by atoms with Gasteiger partial charge in [-0.1, -0.05) is 36.8 Å². The van der Waals surface area contributed by atoms with Crippen LogP contribution in [0.3, 0.4) is 0 Å². The van der Waals surface area contributed by atoms with Crippen molar-refractivity contribution in [3.05, 3.63) is 35.4 Å². The normalized spacial score (nSPS) is 14.0. The Morgan fingerprint density at radius 2 is 1.94 bits per heavy atom. The molecule has 100 valence electrons. The number of nitrogens with two attached hydrogens (primary N) is 1. The first-order chi connectivity index (χ1) is 8.56. The van der Waals surface area contributed by atoms with E-state index in [-0.39, 0.29) is 17.9 Å². The predicted octanol–water partition coefficient (Wildman–Crippen LogP) is 2.34. The number of nitrogens with one attached hydrogen (secondary N) is 1. The quantitative estimate of drug-likeness (QED) is 0.812. The molecule has 1 aromatic rings. The maximum atomic E-state index is 11.9. The number of benzene rings is 1. The third kappa shape index (κ3) is 4.49. The first-order valence-corrected chi connectivity index (χ1v) is 6.62. The van der Waals surface area contributed by atoms with Crippen molar-refractivity contribution >= 4 is 5.91 Å². The smallest absolute Gasteiger partial charge is 0.220 e. The number of rotatable bonds is 6. The second-order valence-corrected chi connectivity index (χ2v) is 4.92. The lowest BCUT2D eigenvalue weighted by molar-refractivity contribution is -0.122. The summed E-state index contributed by atoms with van der Waals surface area (Å²) in [6.45, 7) is 6.59. The second kappa shape index (κ2) is 7.17. The third-order valence-corrected chi connectivity index (χ3v) is 3.23. The van der Waals surface area contributed by atoms with Gasteiger partial charge in [-0.05, 0) is 31.7 Å². The SMILES string of the molecule is CCC(CC(=O)N[C@@H](C)CN)c1ccc(C)cc1. The van der Waals surface area contributed by atoms with Crippen LogP contribution in [0.4, 0.5) is 0 Å². The van der Waals surface area contributed by atoms with Crippen LogP contribution in [0.1, 0.15) is 43.7 Å². The highest BCUT2D eigenvalue weighted by atomic mass is 16.1. The maximum absolute atomic E-state index is 11.9. The van der Waals surface area contributed by atoms with Crippen LogP contribution >= 0.6 is 0 Å². The van der Waals surface area contributed by atoms with Crippen molar-refractivity contribution in [1.82, 2.24) is 5.32 Å². The minimum absolute atomic E-state index is 0.0491. The van der Waals surface area contributed by atoms with Gasteiger partial charge in [0.2, 0.25) is 5.91 Å². The van der Waals surface area contributed by atoms with E-state index in [1.807, 2.05) is 6.92 Å². The highest BCUT2D eigenvalue weighted by Crippen LogP contribution is 2.23. The first kappa shape index (κ1) is 14.7. The van der Waals surface area contributed by atoms with Gasteiger partial charge in [-0.2, -0.15) is 0 Å². The lowest BCUT2D eigenvalue weighted by atomic mass is 9.92. The van der Waals surface area contributed by atoms with E-state index in [0.717, 1.165) is 6.42 Å². The Kier molecular flexibility index (Phi) is 5.86. The molecule has 3 heteroatoms. The van der Waals surface area contributed by atoms with E-state index in [1.165, 1.54) is 11.1 Å². The highest BCUT2D eigenvalue weighted by molar-refractivity contribution is 5.77. The zero-order chi connectivity index (χ0) is 13.5. The molecule has 1 aromatic carbocycles. The number of hydrogen-bond donors (Lipinski definition) is 2. The fourth-order valence-electron chi connectivity index (χ4n) is 1.95. The molecule has 3 nitrogen and oxygen atoms in total. The Morgan fingerprint density at radius 1 is 1.33 bits per heavy atom. The van der Waals surface area contributed by atoms with Gasteiger partial charge in [0, 0.05) is 19.0 Å². The Labute approximate surface area is 110 Å². The molecule has 18 heavy (non-hydrogen) atoms. The van der Waals surface area contributed by atoms with Gasteiger partial charge >= 0.3 is 0 Å². The Balaban J connectivity index is 2.61. The van der Waals surface area contributed by atoms with Crippen LogP contribution in [0, 0.1) is 6.92 Å². The predicted molar refractivity (Wildman–Crippen MR) is 75.5 cm³/mol. The summed E-state index contributed by atoms with van der Waals surface area (Å²) in [5, 5.41) is 2.91. The number of amides is 1. The van der Waals surface area contributed by atoms with E-state index in [9.17, 15) is 4.79 Å². The van der Waals surface area contributed by atoms with Crippen molar-refractivity contribution < 1.29 is 4.79 Å². The van der Waals surface area contributed by atoms with Gasteiger partial charge < -0.3 is 11.1 Å². The lowest BCUT2D eigenvalue weighted by Gasteiger charge is -2.17. The topological polar surface area (TPSA) is 55.1 Å². The van der Waals surface area contributed by atoms with Crippen LogP contribution in [-0.4, -0.2) is 18.5 Å². The van der Waals surface area contributed by atoms with Crippen molar-refractivity contribution in [3.63, 3.8) is 0 Å². The van der Waals surface area contributed by atoms with Crippen LogP contribution in [0.5, 0.6) is 0 Å². The summed E-state index contributed by atoms with van der Waals surface area (Å²) in [7, 11) is 0. The van der Waals surface area contributed by atoms with Crippen molar-refractivity contribution in [2.24, 2.45) is 5.73 Å². The summed E-state index contributed by atoms with van der Waals surface area (Å²) in [6, 6.07) is 8.47. The average Bonchev–Trinajstić information content (AvgIpc) is 2.37. The molecule has 0 heterocycles. The molecule has 0 aliphatic carbocycles. The number of carbonyl (C=O) groups is 1. The lowest BCUT2D eigenvalue weighted by Crippen LogP contribution is -2.38. The molecule has 0 aliphatic rings. The Hall–Kier alpha value is -1.35. The average molecular weight is 248 g/mol. The molecule has 0 spiro atoms. The zero-order valence-corrected chi connectivity index (χ0v) is 11.6. The number of aryl methyl sites for hydroxylation is 1. The highest BCUT2D eigenvalue weighted by Gasteiger charge is 2.15. The van der Waals surface area contributed by atoms with E-state index >= 15 is 0 Å². The molecule has 0 aliphatic heterocycles. The van der Waals surface area contributed by atoms with Gasteiger partial charge in [0.05, 0.1) is 0 Å². The van der Waals surface area contributed by atoms with Gasteiger partial charge in [-0.3, -0.25) is 4.79 Å². The van der Waals surface area contributed by atoms with Crippen LogP contribution in [-0.2, 0) is 4.79 Å². The molecule has 1 rings (SSSR count). The van der Waals surface area contributed by atoms with Crippen LogP contribution < -0.4 is 11.1 Å². The third-order valence-electron chi connectivity index (χ3n) is 3.23. The van der Waals surface area contributed by atoms with Crippen LogP contribution in [0.25, 0.3) is 0 Å². The molecular formula is C15H24N2O. The largest absolute Gasteiger partial charge is 0.352 e. The summed E-state index contributed by atoms with van der Waals surface area (Å²) in [6.07, 6.45) is 1.50. The van der Waals surface area contributed by atoms with Crippen molar-refractivity contribution in [3.8, 4) is 0 Å². The summed E-state index contributed by atoms with van der Waals surface area (Å²) in [4.78, 5) is 11.9.